The fourth-order valence-electron chi connectivity index (χ4n) is 3.02. The van der Waals surface area contributed by atoms with Crippen molar-refractivity contribution in [2.45, 2.75) is 54.1 Å². The fraction of sp³-hybridized carbons (Fsp3) is 0.391. The molecule has 156 valence electrons. The van der Waals surface area contributed by atoms with Gasteiger partial charge in [0.1, 0.15) is 17.6 Å². The van der Waals surface area contributed by atoms with Crippen LogP contribution < -0.4 is 0 Å². The molecule has 3 aromatic rings. The number of Topliss-reactive ketones (excluding diaryl/α,β-unsaturated/α-hetero) is 1. The van der Waals surface area contributed by atoms with Crippen LogP contribution in [-0.2, 0) is 11.5 Å². The van der Waals surface area contributed by atoms with E-state index in [1.807, 2.05) is 32.0 Å². The topological polar surface area (TPSA) is 34.4 Å². The van der Waals surface area contributed by atoms with Gasteiger partial charge in [-0.1, -0.05) is 75.2 Å². The van der Waals surface area contributed by atoms with Gasteiger partial charge < -0.3 is 0 Å². The van der Waals surface area contributed by atoms with Crippen LogP contribution in [0.1, 0.15) is 51.8 Å². The van der Waals surface area contributed by atoms with Gasteiger partial charge >= 0.3 is 0 Å². The van der Waals surface area contributed by atoms with Gasteiger partial charge in [-0.05, 0) is 35.6 Å². The summed E-state index contributed by atoms with van der Waals surface area (Å²) in [5.74, 6) is 0.363. The molecule has 0 saturated carbocycles. The Labute approximate surface area is 181 Å². The quantitative estimate of drug-likeness (QED) is 0.397. The minimum Gasteiger partial charge on any atom is -0.300 e. The molecule has 0 unspecified atom stereocenters. The molecule has 0 saturated heterocycles. The van der Waals surface area contributed by atoms with Crippen LogP contribution in [0.5, 0.6) is 0 Å². The lowest BCUT2D eigenvalue weighted by Crippen LogP contribution is -2.11. The number of pyridine rings is 1. The third-order valence-corrected chi connectivity index (χ3v) is 4.84. The second kappa shape index (κ2) is 9.73. The Balaban J connectivity index is 0.000000284. The smallest absolute Gasteiger partial charge is 0.133 e. The molecule has 2 heterocycles. The number of halogens is 3. The molecule has 0 bridgehead atoms. The first-order valence-corrected chi connectivity index (χ1v) is 10.3. The highest BCUT2D eigenvalue weighted by atomic mass is 35.5. The Morgan fingerprint density at radius 1 is 1.14 bits per heavy atom. The highest BCUT2D eigenvalue weighted by Gasteiger charge is 2.15. The molecular formula is C23H27Cl2FN2O. The number of aryl methyl sites for hydroxylation is 1. The van der Waals surface area contributed by atoms with Gasteiger partial charge in [0.2, 0.25) is 0 Å². The van der Waals surface area contributed by atoms with Crippen molar-refractivity contribution in [1.82, 2.24) is 9.61 Å². The zero-order valence-electron chi connectivity index (χ0n) is 17.5. The second-order valence-corrected chi connectivity index (χ2v) is 9.04. The molecule has 3 nitrogen and oxygen atoms in total. The van der Waals surface area contributed by atoms with E-state index in [2.05, 4.69) is 25.9 Å². The van der Waals surface area contributed by atoms with E-state index in [1.54, 1.807) is 22.7 Å². The maximum absolute atomic E-state index is 12.6. The maximum atomic E-state index is 12.6. The molecule has 0 radical (unpaired) electrons. The third kappa shape index (κ3) is 6.28. The maximum Gasteiger partial charge on any atom is 0.133 e. The average Bonchev–Trinajstić information content (AvgIpc) is 2.97. The third-order valence-electron chi connectivity index (χ3n) is 4.35. The van der Waals surface area contributed by atoms with Gasteiger partial charge in [-0.25, -0.2) is 8.91 Å². The molecule has 0 spiro atoms. The summed E-state index contributed by atoms with van der Waals surface area (Å²) in [5.41, 5.74) is 4.44. The minimum absolute atomic E-state index is 0.174. The monoisotopic (exact) mass is 436 g/mol. The number of fused-ring (bicyclic) bond motifs is 1. The highest BCUT2D eigenvalue weighted by Crippen LogP contribution is 2.32. The largest absolute Gasteiger partial charge is 0.300 e. The Kier molecular flexibility index (Phi) is 7.84. The normalized spacial score (nSPS) is 11.3. The Morgan fingerprint density at radius 3 is 2.24 bits per heavy atom. The van der Waals surface area contributed by atoms with Gasteiger partial charge in [-0.3, -0.25) is 4.79 Å². The first kappa shape index (κ1) is 23.4. The first-order chi connectivity index (χ1) is 13.6. The summed E-state index contributed by atoms with van der Waals surface area (Å²) in [4.78, 5) is 10.8. The number of aromatic nitrogens is 2. The van der Waals surface area contributed by atoms with E-state index >= 15 is 0 Å². The summed E-state index contributed by atoms with van der Waals surface area (Å²) >= 11 is 12.2. The molecule has 3 rings (SSSR count). The summed E-state index contributed by atoms with van der Waals surface area (Å²) in [6.07, 6.45) is 1.39. The fourth-order valence-corrected chi connectivity index (χ4v) is 3.53. The van der Waals surface area contributed by atoms with Crippen LogP contribution in [0.25, 0.3) is 16.6 Å². The molecule has 0 atom stereocenters. The predicted octanol–water partition coefficient (Wildman–Crippen LogP) is 7.49. The van der Waals surface area contributed by atoms with E-state index in [1.165, 1.54) is 0 Å². The molecule has 0 fully saturated rings. The minimum atomic E-state index is -0.467. The molecule has 29 heavy (non-hydrogen) atoms. The zero-order chi connectivity index (χ0) is 21.8. The lowest BCUT2D eigenvalue weighted by molar-refractivity contribution is -0.120. The lowest BCUT2D eigenvalue weighted by Gasteiger charge is -2.15. The molecule has 0 amide bonds. The number of hydrogen-bond acceptors (Lipinski definition) is 2. The molecule has 0 aliphatic heterocycles. The number of benzene rings is 1. The summed E-state index contributed by atoms with van der Waals surface area (Å²) < 4.78 is 14.2. The summed E-state index contributed by atoms with van der Waals surface area (Å²) in [7, 11) is 0. The highest BCUT2D eigenvalue weighted by molar-refractivity contribution is 6.34. The van der Waals surface area contributed by atoms with Crippen molar-refractivity contribution in [3.63, 3.8) is 0 Å². The van der Waals surface area contributed by atoms with Crippen molar-refractivity contribution in [1.29, 1.82) is 0 Å². The van der Waals surface area contributed by atoms with Gasteiger partial charge in [-0.2, -0.15) is 5.10 Å². The van der Waals surface area contributed by atoms with Crippen LogP contribution in [0.4, 0.5) is 4.39 Å². The van der Waals surface area contributed by atoms with Crippen molar-refractivity contribution in [3.8, 4) is 11.1 Å². The van der Waals surface area contributed by atoms with E-state index in [0.717, 1.165) is 22.3 Å². The van der Waals surface area contributed by atoms with E-state index in [9.17, 15) is 9.18 Å². The van der Waals surface area contributed by atoms with Gasteiger partial charge in [-0.15, -0.1) is 0 Å². The molecule has 6 heteroatoms. The molecule has 0 N–H and O–H groups in total. The van der Waals surface area contributed by atoms with Crippen LogP contribution in [0.15, 0.2) is 36.4 Å². The Morgan fingerprint density at radius 2 is 1.76 bits per heavy atom. The van der Waals surface area contributed by atoms with Crippen molar-refractivity contribution in [2.24, 2.45) is 5.41 Å². The second-order valence-electron chi connectivity index (χ2n) is 8.21. The molecule has 0 aliphatic carbocycles. The van der Waals surface area contributed by atoms with Crippen LogP contribution in [0.2, 0.25) is 10.2 Å². The number of alkyl halides is 1. The summed E-state index contributed by atoms with van der Waals surface area (Å²) in [6.45, 7) is 9.61. The van der Waals surface area contributed by atoms with Crippen molar-refractivity contribution in [2.75, 3.05) is 0 Å². The average molecular weight is 437 g/mol. The Hall–Kier alpha value is -1.91. The van der Waals surface area contributed by atoms with Crippen LogP contribution >= 0.6 is 23.2 Å². The van der Waals surface area contributed by atoms with E-state index in [4.69, 9.17) is 23.2 Å². The zero-order valence-corrected chi connectivity index (χ0v) is 19.0. The number of nitrogens with zero attached hydrogens (tertiary/aromatic N) is 2. The number of carbonyl (C=O) groups excluding carboxylic acids is 1. The van der Waals surface area contributed by atoms with Gasteiger partial charge in [0, 0.05) is 23.4 Å². The van der Waals surface area contributed by atoms with Crippen LogP contribution in [-0.4, -0.2) is 15.4 Å². The van der Waals surface area contributed by atoms with Crippen LogP contribution in [0.3, 0.4) is 0 Å². The molecular weight excluding hydrogens is 410 g/mol. The number of carbonyl (C=O) groups is 1. The van der Waals surface area contributed by atoms with Crippen molar-refractivity contribution in [3.05, 3.63) is 57.8 Å². The van der Waals surface area contributed by atoms with Crippen LogP contribution in [0, 0.1) is 12.3 Å². The van der Waals surface area contributed by atoms with Gasteiger partial charge in [0.15, 0.2) is 0 Å². The Bertz CT molecular complexity index is 989. The van der Waals surface area contributed by atoms with E-state index < -0.39 is 6.67 Å². The lowest BCUT2D eigenvalue weighted by atomic mass is 9.89. The molecule has 2 aromatic heterocycles. The van der Waals surface area contributed by atoms with Gasteiger partial charge in [0.05, 0.1) is 11.2 Å². The standard InChI is InChI=1S/C15H11Cl2FN2.C8H16O/c1-9-15(11-4-2-10(8-18)3-5-11)13-6-12(16)7-14(17)20(13)19-9;1-5-7(9)6-8(2,3)4/h2-7H,8H2,1H3;5-6H2,1-4H3. The predicted molar refractivity (Wildman–Crippen MR) is 120 cm³/mol. The van der Waals surface area contributed by atoms with Crippen molar-refractivity contribution < 1.29 is 9.18 Å². The van der Waals surface area contributed by atoms with Gasteiger partial charge in [0.25, 0.3) is 0 Å². The number of hydrogen-bond donors (Lipinski definition) is 0. The number of ketones is 1. The summed E-state index contributed by atoms with van der Waals surface area (Å²) in [6, 6.07) is 10.8. The van der Waals surface area contributed by atoms with E-state index in [-0.39, 0.29) is 5.41 Å². The first-order valence-electron chi connectivity index (χ1n) is 9.57. The SMILES string of the molecule is CCC(=O)CC(C)(C)C.Cc1nn2c(Cl)cc(Cl)cc2c1-c1ccc(CF)cc1. The number of rotatable bonds is 4. The molecule has 1 aromatic carbocycles. The van der Waals surface area contributed by atoms with Crippen molar-refractivity contribution >= 4 is 34.5 Å². The molecule has 0 aliphatic rings. The van der Waals surface area contributed by atoms with E-state index in [0.29, 0.717) is 34.4 Å². The summed E-state index contributed by atoms with van der Waals surface area (Å²) in [5, 5.41) is 5.44.